The number of rotatable bonds is 6. The van der Waals surface area contributed by atoms with Gasteiger partial charge in [0, 0.05) is 24.4 Å². The van der Waals surface area contributed by atoms with Crippen molar-refractivity contribution in [2.24, 2.45) is 0 Å². The molecule has 0 aliphatic carbocycles. The Hall–Kier alpha value is -3.54. The van der Waals surface area contributed by atoms with Gasteiger partial charge in [-0.25, -0.2) is 4.79 Å². The molecular formula is C22H21N3O3. The van der Waals surface area contributed by atoms with Crippen molar-refractivity contribution in [3.05, 3.63) is 84.2 Å². The minimum Gasteiger partial charge on any atom is -0.488 e. The highest BCUT2D eigenvalue weighted by Crippen LogP contribution is 2.27. The number of carbonyl (C=O) groups is 1. The molecule has 1 unspecified atom stereocenters. The Labute approximate surface area is 163 Å². The zero-order valence-electron chi connectivity index (χ0n) is 15.3. The summed E-state index contributed by atoms with van der Waals surface area (Å²) >= 11 is 0. The fraction of sp³-hybridized carbons (Fsp3) is 0.182. The SMILES string of the molecule is O=C(NCC1Cc2ccccc2O1)Nc1cccc(OCc2ccccn2)c1. The maximum absolute atomic E-state index is 12.2. The van der Waals surface area contributed by atoms with E-state index in [0.717, 1.165) is 17.9 Å². The molecule has 0 saturated carbocycles. The molecule has 2 amide bonds. The van der Waals surface area contributed by atoms with Crippen LogP contribution in [0.15, 0.2) is 72.9 Å². The maximum Gasteiger partial charge on any atom is 0.319 e. The number of fused-ring (bicyclic) bond motifs is 1. The molecule has 2 heterocycles. The second-order valence-corrected chi connectivity index (χ2v) is 6.52. The number of amides is 2. The average Bonchev–Trinajstić information content (AvgIpc) is 3.15. The van der Waals surface area contributed by atoms with Crippen molar-refractivity contribution >= 4 is 11.7 Å². The molecule has 28 heavy (non-hydrogen) atoms. The Morgan fingerprint density at radius 1 is 1.11 bits per heavy atom. The Bertz CT molecular complexity index is 922. The number of urea groups is 1. The zero-order valence-corrected chi connectivity index (χ0v) is 15.3. The molecule has 0 saturated heterocycles. The van der Waals surface area contributed by atoms with Crippen molar-refractivity contribution in [2.75, 3.05) is 11.9 Å². The highest BCUT2D eigenvalue weighted by atomic mass is 16.5. The van der Waals surface area contributed by atoms with Gasteiger partial charge in [-0.05, 0) is 35.9 Å². The first-order valence-electron chi connectivity index (χ1n) is 9.18. The molecule has 1 aromatic heterocycles. The van der Waals surface area contributed by atoms with Crippen molar-refractivity contribution in [3.8, 4) is 11.5 Å². The largest absolute Gasteiger partial charge is 0.488 e. The third kappa shape index (κ3) is 4.59. The van der Waals surface area contributed by atoms with Crippen LogP contribution in [-0.4, -0.2) is 23.7 Å². The molecule has 142 valence electrons. The minimum absolute atomic E-state index is 0.0452. The van der Waals surface area contributed by atoms with Gasteiger partial charge in [0.25, 0.3) is 0 Å². The Kier molecular flexibility index (Phi) is 5.38. The lowest BCUT2D eigenvalue weighted by atomic mass is 10.1. The molecule has 3 aromatic rings. The quantitative estimate of drug-likeness (QED) is 0.688. The van der Waals surface area contributed by atoms with E-state index in [0.29, 0.717) is 24.6 Å². The molecule has 0 bridgehead atoms. The molecule has 0 radical (unpaired) electrons. The lowest BCUT2D eigenvalue weighted by Crippen LogP contribution is -2.37. The van der Waals surface area contributed by atoms with E-state index >= 15 is 0 Å². The molecular weight excluding hydrogens is 354 g/mol. The zero-order chi connectivity index (χ0) is 19.2. The van der Waals surface area contributed by atoms with Crippen molar-refractivity contribution < 1.29 is 14.3 Å². The topological polar surface area (TPSA) is 72.5 Å². The van der Waals surface area contributed by atoms with Gasteiger partial charge in [-0.1, -0.05) is 30.3 Å². The predicted octanol–water partition coefficient (Wildman–Crippen LogP) is 3.79. The first-order chi connectivity index (χ1) is 13.8. The molecule has 1 aliphatic rings. The fourth-order valence-corrected chi connectivity index (χ4v) is 3.05. The third-order valence-corrected chi connectivity index (χ3v) is 4.41. The molecule has 1 atom stereocenters. The number of hydrogen-bond acceptors (Lipinski definition) is 4. The van der Waals surface area contributed by atoms with Gasteiger partial charge in [0.1, 0.15) is 24.2 Å². The molecule has 1 aliphatic heterocycles. The van der Waals surface area contributed by atoms with E-state index in [2.05, 4.69) is 15.6 Å². The van der Waals surface area contributed by atoms with Crippen molar-refractivity contribution in [2.45, 2.75) is 19.1 Å². The van der Waals surface area contributed by atoms with E-state index in [1.807, 2.05) is 60.7 Å². The first kappa shape index (κ1) is 17.9. The first-order valence-corrected chi connectivity index (χ1v) is 9.18. The van der Waals surface area contributed by atoms with Crippen molar-refractivity contribution in [1.82, 2.24) is 10.3 Å². The van der Waals surface area contributed by atoms with Crippen LogP contribution in [0.5, 0.6) is 11.5 Å². The van der Waals surface area contributed by atoms with E-state index in [9.17, 15) is 4.79 Å². The smallest absolute Gasteiger partial charge is 0.319 e. The molecule has 2 aromatic carbocycles. The molecule has 0 spiro atoms. The van der Waals surface area contributed by atoms with Gasteiger partial charge in [0.15, 0.2) is 0 Å². The summed E-state index contributed by atoms with van der Waals surface area (Å²) in [5, 5.41) is 5.68. The summed E-state index contributed by atoms with van der Waals surface area (Å²) in [5.41, 5.74) is 2.68. The molecule has 6 heteroatoms. The van der Waals surface area contributed by atoms with Crippen LogP contribution >= 0.6 is 0 Å². The Balaban J connectivity index is 1.25. The van der Waals surface area contributed by atoms with Crippen molar-refractivity contribution in [1.29, 1.82) is 0 Å². The lowest BCUT2D eigenvalue weighted by molar-refractivity contribution is 0.219. The maximum atomic E-state index is 12.2. The summed E-state index contributed by atoms with van der Waals surface area (Å²) in [4.78, 5) is 16.4. The lowest BCUT2D eigenvalue weighted by Gasteiger charge is -2.13. The number of benzene rings is 2. The second kappa shape index (κ2) is 8.43. The molecule has 2 N–H and O–H groups in total. The number of nitrogens with one attached hydrogen (secondary N) is 2. The van der Waals surface area contributed by atoms with Crippen LogP contribution < -0.4 is 20.1 Å². The number of ether oxygens (including phenoxy) is 2. The summed E-state index contributed by atoms with van der Waals surface area (Å²) < 4.78 is 11.6. The molecule has 4 rings (SSSR count). The summed E-state index contributed by atoms with van der Waals surface area (Å²) in [5.74, 6) is 1.56. The van der Waals surface area contributed by atoms with Crippen LogP contribution in [-0.2, 0) is 13.0 Å². The van der Waals surface area contributed by atoms with Gasteiger partial charge in [-0.3, -0.25) is 4.98 Å². The van der Waals surface area contributed by atoms with Crippen LogP contribution in [0.2, 0.25) is 0 Å². The average molecular weight is 375 g/mol. The van der Waals surface area contributed by atoms with Gasteiger partial charge in [0.2, 0.25) is 0 Å². The van der Waals surface area contributed by atoms with Crippen LogP contribution in [0.4, 0.5) is 10.5 Å². The van der Waals surface area contributed by atoms with Gasteiger partial charge < -0.3 is 20.1 Å². The normalized spacial score (nSPS) is 14.6. The summed E-state index contributed by atoms with van der Waals surface area (Å²) in [6.45, 7) is 0.812. The van der Waals surface area contributed by atoms with Crippen LogP contribution in [0, 0.1) is 0 Å². The predicted molar refractivity (Wildman–Crippen MR) is 107 cm³/mol. The standard InChI is InChI=1S/C22H21N3O3/c26-22(24-14-20-12-16-6-1-2-10-21(16)28-20)25-17-8-5-9-19(13-17)27-15-18-7-3-4-11-23-18/h1-11,13,20H,12,14-15H2,(H2,24,25,26). The molecule has 6 nitrogen and oxygen atoms in total. The monoisotopic (exact) mass is 375 g/mol. The van der Waals surface area contributed by atoms with E-state index in [1.165, 1.54) is 5.56 Å². The molecule has 0 fully saturated rings. The summed E-state index contributed by atoms with van der Waals surface area (Å²) in [7, 11) is 0. The van der Waals surface area contributed by atoms with Crippen LogP contribution in [0.3, 0.4) is 0 Å². The number of aromatic nitrogens is 1. The van der Waals surface area contributed by atoms with Gasteiger partial charge in [-0.2, -0.15) is 0 Å². The van der Waals surface area contributed by atoms with Crippen LogP contribution in [0.25, 0.3) is 0 Å². The number of pyridine rings is 1. The van der Waals surface area contributed by atoms with Gasteiger partial charge in [-0.15, -0.1) is 0 Å². The number of para-hydroxylation sites is 1. The van der Waals surface area contributed by atoms with E-state index in [-0.39, 0.29) is 12.1 Å². The Morgan fingerprint density at radius 2 is 2.00 bits per heavy atom. The summed E-state index contributed by atoms with van der Waals surface area (Å²) in [6.07, 6.45) is 2.48. The van der Waals surface area contributed by atoms with Crippen molar-refractivity contribution in [3.63, 3.8) is 0 Å². The highest BCUT2D eigenvalue weighted by molar-refractivity contribution is 5.89. The number of nitrogens with zero attached hydrogens (tertiary/aromatic N) is 1. The number of carbonyl (C=O) groups excluding carboxylic acids is 1. The Morgan fingerprint density at radius 3 is 2.86 bits per heavy atom. The third-order valence-electron chi connectivity index (χ3n) is 4.41. The van der Waals surface area contributed by atoms with Crippen LogP contribution in [0.1, 0.15) is 11.3 Å². The van der Waals surface area contributed by atoms with E-state index in [1.54, 1.807) is 12.3 Å². The number of hydrogen-bond donors (Lipinski definition) is 2. The summed E-state index contributed by atoms with van der Waals surface area (Å²) in [6, 6.07) is 20.6. The van der Waals surface area contributed by atoms with E-state index in [4.69, 9.17) is 9.47 Å². The van der Waals surface area contributed by atoms with E-state index < -0.39 is 0 Å². The minimum atomic E-state index is -0.276. The highest BCUT2D eigenvalue weighted by Gasteiger charge is 2.22. The fourth-order valence-electron chi connectivity index (χ4n) is 3.05. The number of anilines is 1. The van der Waals surface area contributed by atoms with Gasteiger partial charge >= 0.3 is 6.03 Å². The van der Waals surface area contributed by atoms with Gasteiger partial charge in [0.05, 0.1) is 12.2 Å². The second-order valence-electron chi connectivity index (χ2n) is 6.52.